The number of nitrogens with zero attached hydrogens (tertiary/aromatic N) is 1. The summed E-state index contributed by atoms with van der Waals surface area (Å²) in [5, 5.41) is 0. The van der Waals surface area contributed by atoms with Crippen molar-refractivity contribution in [1.29, 1.82) is 0 Å². The van der Waals surface area contributed by atoms with Crippen LogP contribution in [0.15, 0.2) is 30.3 Å². The molecule has 2 N–H and O–H groups in total. The SMILES string of the molecule is CC(C)OC(=O)C(CC(c1ccccc1)C(C)N)N(P)P. The summed E-state index contributed by atoms with van der Waals surface area (Å²) in [7, 11) is 5.03. The average molecular weight is 328 g/mol. The minimum absolute atomic E-state index is 0.0447. The zero-order valence-electron chi connectivity index (χ0n) is 12.9. The van der Waals surface area contributed by atoms with E-state index in [2.05, 4.69) is 30.9 Å². The zero-order chi connectivity index (χ0) is 16.0. The summed E-state index contributed by atoms with van der Waals surface area (Å²) in [6.45, 7) is 5.68. The van der Waals surface area contributed by atoms with Crippen LogP contribution < -0.4 is 5.73 Å². The summed E-state index contributed by atoms with van der Waals surface area (Å²) in [5.74, 6) is -0.129. The van der Waals surface area contributed by atoms with E-state index in [0.717, 1.165) is 5.56 Å². The third kappa shape index (κ3) is 6.00. The van der Waals surface area contributed by atoms with E-state index >= 15 is 0 Å². The van der Waals surface area contributed by atoms with E-state index in [1.165, 1.54) is 0 Å². The fourth-order valence-corrected chi connectivity index (χ4v) is 2.73. The molecular weight excluding hydrogens is 302 g/mol. The second-order valence-electron chi connectivity index (χ2n) is 5.56. The monoisotopic (exact) mass is 328 g/mol. The molecular formula is C15H26N2O2P2. The van der Waals surface area contributed by atoms with E-state index in [0.29, 0.717) is 6.42 Å². The average Bonchev–Trinajstić information content (AvgIpc) is 2.38. The van der Waals surface area contributed by atoms with E-state index in [1.54, 1.807) is 4.44 Å². The van der Waals surface area contributed by atoms with Gasteiger partial charge in [-0.25, -0.2) is 0 Å². The number of hydrogen-bond donors (Lipinski definition) is 1. The molecule has 5 unspecified atom stereocenters. The van der Waals surface area contributed by atoms with Crippen molar-refractivity contribution in [3.05, 3.63) is 35.9 Å². The Labute approximate surface area is 132 Å². The van der Waals surface area contributed by atoms with Gasteiger partial charge >= 0.3 is 5.97 Å². The third-order valence-electron chi connectivity index (χ3n) is 3.32. The maximum atomic E-state index is 12.3. The highest BCUT2D eigenvalue weighted by molar-refractivity contribution is 7.31. The molecule has 0 aliphatic heterocycles. The highest BCUT2D eigenvalue weighted by Gasteiger charge is 2.29. The number of hydrogen-bond acceptors (Lipinski definition) is 4. The molecule has 0 heterocycles. The number of esters is 1. The van der Waals surface area contributed by atoms with Crippen LogP contribution in [0.5, 0.6) is 0 Å². The van der Waals surface area contributed by atoms with Crippen LogP contribution in [0, 0.1) is 0 Å². The minimum atomic E-state index is -0.362. The summed E-state index contributed by atoms with van der Waals surface area (Å²) in [6, 6.07) is 9.65. The van der Waals surface area contributed by atoms with Crippen LogP contribution in [0.4, 0.5) is 0 Å². The lowest BCUT2D eigenvalue weighted by molar-refractivity contribution is -0.151. The minimum Gasteiger partial charge on any atom is -0.462 e. The molecule has 0 aliphatic rings. The first-order valence-corrected chi connectivity index (χ1v) is 8.15. The Kier molecular flexibility index (Phi) is 7.76. The molecule has 1 rings (SSSR count). The number of nitrogens with two attached hydrogens (primary N) is 1. The summed E-state index contributed by atoms with van der Waals surface area (Å²) in [4.78, 5) is 12.3. The lowest BCUT2D eigenvalue weighted by Crippen LogP contribution is -2.37. The van der Waals surface area contributed by atoms with Crippen LogP contribution in [0.25, 0.3) is 0 Å². The van der Waals surface area contributed by atoms with Gasteiger partial charge in [-0.2, -0.15) is 0 Å². The quantitative estimate of drug-likeness (QED) is 0.618. The molecule has 4 nitrogen and oxygen atoms in total. The Morgan fingerprint density at radius 1 is 1.24 bits per heavy atom. The van der Waals surface area contributed by atoms with E-state index in [4.69, 9.17) is 10.5 Å². The van der Waals surface area contributed by atoms with Crippen LogP contribution in [0.1, 0.15) is 38.7 Å². The summed E-state index contributed by atoms with van der Waals surface area (Å²) >= 11 is 0. The molecule has 118 valence electrons. The first kappa shape index (κ1) is 18.5. The predicted molar refractivity (Wildman–Crippen MR) is 93.7 cm³/mol. The van der Waals surface area contributed by atoms with Gasteiger partial charge in [-0.05, 0) is 32.8 Å². The van der Waals surface area contributed by atoms with Crippen LogP contribution in [-0.2, 0) is 9.53 Å². The van der Waals surface area contributed by atoms with Crippen molar-refractivity contribution in [1.82, 2.24) is 4.44 Å². The van der Waals surface area contributed by atoms with Crippen molar-refractivity contribution in [3.63, 3.8) is 0 Å². The van der Waals surface area contributed by atoms with Gasteiger partial charge in [0.15, 0.2) is 0 Å². The molecule has 0 amide bonds. The first-order valence-electron chi connectivity index (χ1n) is 7.12. The van der Waals surface area contributed by atoms with Gasteiger partial charge in [-0.3, -0.25) is 9.24 Å². The van der Waals surface area contributed by atoms with E-state index in [1.807, 2.05) is 39.0 Å². The standard InChI is InChI=1S/C15H26N2O2P2/c1-10(2)19-15(18)14(17(20)21)9-13(11(3)16)12-7-5-4-6-8-12/h4-8,10-11,13-14H,9,16,20-21H2,1-3H3. The molecule has 0 saturated heterocycles. The Morgan fingerprint density at radius 3 is 2.24 bits per heavy atom. The van der Waals surface area contributed by atoms with E-state index < -0.39 is 0 Å². The second-order valence-corrected chi connectivity index (χ2v) is 7.35. The largest absolute Gasteiger partial charge is 0.462 e. The van der Waals surface area contributed by atoms with Gasteiger partial charge in [0, 0.05) is 12.0 Å². The predicted octanol–water partition coefficient (Wildman–Crippen LogP) is 2.71. The number of rotatable bonds is 7. The van der Waals surface area contributed by atoms with Crippen LogP contribution in [-0.4, -0.2) is 28.6 Å². The fraction of sp³-hybridized carbons (Fsp3) is 0.533. The molecule has 6 heteroatoms. The smallest absolute Gasteiger partial charge is 0.324 e. The molecule has 0 bridgehead atoms. The molecule has 0 fully saturated rings. The maximum Gasteiger partial charge on any atom is 0.324 e. The van der Waals surface area contributed by atoms with Gasteiger partial charge in [0.1, 0.15) is 6.04 Å². The lowest BCUT2D eigenvalue weighted by Gasteiger charge is -2.29. The Bertz CT molecular complexity index is 439. The molecule has 0 radical (unpaired) electrons. The van der Waals surface area contributed by atoms with Gasteiger partial charge in [0.05, 0.1) is 6.10 Å². The molecule has 21 heavy (non-hydrogen) atoms. The number of carbonyl (C=O) groups is 1. The van der Waals surface area contributed by atoms with Crippen molar-refractivity contribution in [2.75, 3.05) is 0 Å². The number of ether oxygens (including phenoxy) is 1. The maximum absolute atomic E-state index is 12.3. The van der Waals surface area contributed by atoms with Gasteiger partial charge in [-0.15, -0.1) is 0 Å². The molecule has 1 aromatic rings. The molecule has 0 aromatic heterocycles. The van der Waals surface area contributed by atoms with Crippen molar-refractivity contribution < 1.29 is 9.53 Å². The number of carbonyl (C=O) groups excluding carboxylic acids is 1. The lowest BCUT2D eigenvalue weighted by atomic mass is 9.87. The second kappa shape index (κ2) is 8.80. The van der Waals surface area contributed by atoms with E-state index in [-0.39, 0.29) is 30.1 Å². The summed E-state index contributed by atoms with van der Waals surface area (Å²) in [6.07, 6.45) is 0.487. The third-order valence-corrected chi connectivity index (χ3v) is 4.04. The number of benzene rings is 1. The molecule has 0 spiro atoms. The van der Waals surface area contributed by atoms with Gasteiger partial charge in [-0.1, -0.05) is 49.1 Å². The van der Waals surface area contributed by atoms with E-state index in [9.17, 15) is 4.79 Å². The Hall–Kier alpha value is -0.530. The topological polar surface area (TPSA) is 55.6 Å². The van der Waals surface area contributed by atoms with Crippen LogP contribution in [0.3, 0.4) is 0 Å². The highest BCUT2D eigenvalue weighted by Crippen LogP contribution is 2.29. The van der Waals surface area contributed by atoms with Crippen LogP contribution >= 0.6 is 18.8 Å². The summed E-state index contributed by atoms with van der Waals surface area (Å²) < 4.78 is 7.08. The summed E-state index contributed by atoms with van der Waals surface area (Å²) in [5.41, 5.74) is 7.28. The van der Waals surface area contributed by atoms with Crippen molar-refractivity contribution in [3.8, 4) is 0 Å². The van der Waals surface area contributed by atoms with Crippen LogP contribution in [0.2, 0.25) is 0 Å². The van der Waals surface area contributed by atoms with Crippen molar-refractivity contribution >= 4 is 24.8 Å². The normalized spacial score (nSPS) is 15.8. The molecule has 1 aromatic carbocycles. The van der Waals surface area contributed by atoms with Crippen molar-refractivity contribution in [2.45, 2.75) is 51.3 Å². The zero-order valence-corrected chi connectivity index (χ0v) is 15.2. The van der Waals surface area contributed by atoms with Gasteiger partial charge in [0.2, 0.25) is 0 Å². The molecule has 0 aliphatic carbocycles. The van der Waals surface area contributed by atoms with Gasteiger partial charge < -0.3 is 10.5 Å². The Morgan fingerprint density at radius 2 is 1.81 bits per heavy atom. The first-order chi connectivity index (χ1) is 9.82. The van der Waals surface area contributed by atoms with Gasteiger partial charge in [0.25, 0.3) is 0 Å². The molecule has 0 saturated carbocycles. The fourth-order valence-electron chi connectivity index (χ4n) is 2.25. The van der Waals surface area contributed by atoms with Crippen molar-refractivity contribution in [2.24, 2.45) is 5.73 Å². The Balaban J connectivity index is 2.91. The molecule has 5 atom stereocenters. The highest BCUT2D eigenvalue weighted by atomic mass is 31.1.